The van der Waals surface area contributed by atoms with Crippen LogP contribution in [0, 0.1) is 0 Å². The third-order valence-corrected chi connectivity index (χ3v) is 4.45. The van der Waals surface area contributed by atoms with Crippen LogP contribution in [0.4, 0.5) is 0 Å². The molecule has 0 saturated heterocycles. The number of carbonyl (C=O) groups excluding carboxylic acids is 2. The highest BCUT2D eigenvalue weighted by Gasteiger charge is 2.12. The minimum atomic E-state index is -0.625. The van der Waals surface area contributed by atoms with Crippen molar-refractivity contribution in [2.24, 2.45) is 0 Å². The Balaban J connectivity index is 1.62. The number of benzene rings is 2. The zero-order valence-electron chi connectivity index (χ0n) is 14.9. The fourth-order valence-corrected chi connectivity index (χ4v) is 2.79. The number of halogens is 1. The van der Waals surface area contributed by atoms with Gasteiger partial charge in [0, 0.05) is 33.1 Å². The number of rotatable bonds is 6. The monoisotopic (exact) mass is 445 g/mol. The molecular formula is C20H16BrNO6. The second-order valence-electron chi connectivity index (χ2n) is 5.80. The molecule has 3 rings (SSSR count). The van der Waals surface area contributed by atoms with Gasteiger partial charge in [0.25, 0.3) is 5.91 Å². The van der Waals surface area contributed by atoms with E-state index in [1.54, 1.807) is 42.5 Å². The molecule has 0 aliphatic carbocycles. The summed E-state index contributed by atoms with van der Waals surface area (Å²) in [7, 11) is 1.51. The number of ether oxygens (including phenoxy) is 2. The van der Waals surface area contributed by atoms with E-state index in [4.69, 9.17) is 13.9 Å². The second kappa shape index (κ2) is 8.71. The lowest BCUT2D eigenvalue weighted by molar-refractivity contribution is -0.143. The lowest BCUT2D eigenvalue weighted by atomic mass is 10.1. The fraction of sp³-hybridized carbons (Fsp3) is 0.150. The fourth-order valence-electron chi connectivity index (χ4n) is 2.52. The number of amides is 1. The zero-order valence-corrected chi connectivity index (χ0v) is 16.4. The van der Waals surface area contributed by atoms with Crippen molar-refractivity contribution in [3.8, 4) is 5.75 Å². The number of fused-ring (bicyclic) bond motifs is 1. The average molecular weight is 446 g/mol. The number of hydrogen-bond acceptors (Lipinski definition) is 6. The van der Waals surface area contributed by atoms with Crippen molar-refractivity contribution in [1.82, 2.24) is 5.32 Å². The first-order chi connectivity index (χ1) is 13.5. The molecule has 1 N–H and O–H groups in total. The van der Waals surface area contributed by atoms with Crippen LogP contribution in [-0.4, -0.2) is 25.5 Å². The van der Waals surface area contributed by atoms with Crippen LogP contribution in [0.3, 0.4) is 0 Å². The zero-order chi connectivity index (χ0) is 20.1. The Morgan fingerprint density at radius 2 is 1.86 bits per heavy atom. The lowest BCUT2D eigenvalue weighted by Crippen LogP contribution is -2.30. The number of nitrogens with one attached hydrogen (secondary N) is 1. The van der Waals surface area contributed by atoms with Crippen LogP contribution in [0.25, 0.3) is 11.0 Å². The van der Waals surface area contributed by atoms with Crippen LogP contribution in [-0.2, 0) is 16.1 Å². The van der Waals surface area contributed by atoms with Gasteiger partial charge in [-0.1, -0.05) is 15.9 Å². The van der Waals surface area contributed by atoms with E-state index < -0.39 is 11.6 Å². The van der Waals surface area contributed by atoms with Gasteiger partial charge in [0.15, 0.2) is 0 Å². The molecule has 1 heterocycles. The molecule has 28 heavy (non-hydrogen) atoms. The molecule has 0 bridgehead atoms. The minimum absolute atomic E-state index is 0.124. The Morgan fingerprint density at radius 1 is 1.11 bits per heavy atom. The Bertz CT molecular complexity index is 1070. The lowest BCUT2D eigenvalue weighted by Gasteiger charge is -2.09. The molecule has 0 atom stereocenters. The van der Waals surface area contributed by atoms with Gasteiger partial charge >= 0.3 is 11.6 Å². The summed E-state index contributed by atoms with van der Waals surface area (Å²) >= 11 is 3.29. The largest absolute Gasteiger partial charge is 0.497 e. The maximum Gasteiger partial charge on any atom is 0.336 e. The highest BCUT2D eigenvalue weighted by atomic mass is 79.9. The van der Waals surface area contributed by atoms with Crippen molar-refractivity contribution in [3.63, 3.8) is 0 Å². The highest BCUT2D eigenvalue weighted by Crippen LogP contribution is 2.23. The molecule has 3 aromatic rings. The van der Waals surface area contributed by atoms with Crippen LogP contribution < -0.4 is 15.7 Å². The Labute approximate surface area is 168 Å². The smallest absolute Gasteiger partial charge is 0.336 e. The first-order valence-corrected chi connectivity index (χ1v) is 9.06. The summed E-state index contributed by atoms with van der Waals surface area (Å²) in [5.41, 5.74) is 0.704. The molecule has 0 saturated carbocycles. The summed E-state index contributed by atoms with van der Waals surface area (Å²) in [5, 5.41) is 3.12. The van der Waals surface area contributed by atoms with Crippen molar-refractivity contribution in [2.45, 2.75) is 6.61 Å². The maximum atomic E-state index is 12.0. The predicted octanol–water partition coefficient (Wildman–Crippen LogP) is 3.04. The molecule has 1 aromatic heterocycles. The predicted molar refractivity (Wildman–Crippen MR) is 105 cm³/mol. The summed E-state index contributed by atoms with van der Waals surface area (Å²) in [6.07, 6.45) is 0. The quantitative estimate of drug-likeness (QED) is 0.462. The number of esters is 1. The standard InChI is InChI=1S/C20H16BrNO6/c1-26-15-6-7-16-13(8-18(23)28-17(16)9-15)11-27-19(24)10-22-20(25)12-2-4-14(21)5-3-12/h2-9H,10-11H2,1H3,(H,22,25). The van der Waals surface area contributed by atoms with Gasteiger partial charge in [0.2, 0.25) is 0 Å². The van der Waals surface area contributed by atoms with Gasteiger partial charge in [-0.25, -0.2) is 4.79 Å². The van der Waals surface area contributed by atoms with Gasteiger partial charge in [0.1, 0.15) is 24.5 Å². The van der Waals surface area contributed by atoms with Gasteiger partial charge in [0.05, 0.1) is 7.11 Å². The number of methoxy groups -OCH3 is 1. The van der Waals surface area contributed by atoms with Crippen molar-refractivity contribution >= 4 is 38.8 Å². The third-order valence-electron chi connectivity index (χ3n) is 3.93. The number of hydrogen-bond donors (Lipinski definition) is 1. The summed E-state index contributed by atoms with van der Waals surface area (Å²) in [6, 6.07) is 13.0. The molecule has 2 aromatic carbocycles. The van der Waals surface area contributed by atoms with E-state index in [1.165, 1.54) is 13.2 Å². The molecule has 0 aliphatic rings. The van der Waals surface area contributed by atoms with Crippen molar-refractivity contribution in [2.75, 3.05) is 13.7 Å². The molecule has 144 valence electrons. The van der Waals surface area contributed by atoms with E-state index in [0.717, 1.165) is 4.47 Å². The topological polar surface area (TPSA) is 94.8 Å². The third kappa shape index (κ3) is 4.77. The van der Waals surface area contributed by atoms with E-state index in [0.29, 0.717) is 27.8 Å². The SMILES string of the molecule is COc1ccc2c(COC(=O)CNC(=O)c3ccc(Br)cc3)cc(=O)oc2c1. The van der Waals surface area contributed by atoms with E-state index in [2.05, 4.69) is 21.2 Å². The molecule has 0 fully saturated rings. The summed E-state index contributed by atoms with van der Waals surface area (Å²) in [4.78, 5) is 35.7. The van der Waals surface area contributed by atoms with Gasteiger partial charge < -0.3 is 19.2 Å². The van der Waals surface area contributed by atoms with E-state index in [1.807, 2.05) is 0 Å². The molecular weight excluding hydrogens is 430 g/mol. The van der Waals surface area contributed by atoms with Crippen LogP contribution in [0.2, 0.25) is 0 Å². The Hall–Kier alpha value is -3.13. The molecule has 7 nitrogen and oxygen atoms in total. The van der Waals surface area contributed by atoms with Gasteiger partial charge in [-0.15, -0.1) is 0 Å². The van der Waals surface area contributed by atoms with Gasteiger partial charge in [-0.05, 0) is 36.4 Å². The highest BCUT2D eigenvalue weighted by molar-refractivity contribution is 9.10. The molecule has 0 spiro atoms. The van der Waals surface area contributed by atoms with Crippen LogP contribution in [0.1, 0.15) is 15.9 Å². The Kier molecular flexibility index (Phi) is 6.10. The molecule has 0 unspecified atom stereocenters. The molecule has 8 heteroatoms. The Morgan fingerprint density at radius 3 is 2.57 bits per heavy atom. The summed E-state index contributed by atoms with van der Waals surface area (Å²) < 4.78 is 16.3. The first kappa shape index (κ1) is 19.6. The maximum absolute atomic E-state index is 12.0. The minimum Gasteiger partial charge on any atom is -0.497 e. The van der Waals surface area contributed by atoms with E-state index in [-0.39, 0.29) is 19.1 Å². The van der Waals surface area contributed by atoms with Gasteiger partial charge in [-0.3, -0.25) is 9.59 Å². The molecule has 1 amide bonds. The normalized spacial score (nSPS) is 10.5. The summed E-state index contributed by atoms with van der Waals surface area (Å²) in [5.74, 6) is -0.469. The second-order valence-corrected chi connectivity index (χ2v) is 6.72. The van der Waals surface area contributed by atoms with Crippen molar-refractivity contribution in [1.29, 1.82) is 0 Å². The van der Waals surface area contributed by atoms with Gasteiger partial charge in [-0.2, -0.15) is 0 Å². The van der Waals surface area contributed by atoms with Crippen LogP contribution >= 0.6 is 15.9 Å². The number of carbonyl (C=O) groups is 2. The molecule has 0 aliphatic heterocycles. The average Bonchev–Trinajstić information content (AvgIpc) is 2.70. The van der Waals surface area contributed by atoms with Crippen molar-refractivity contribution < 1.29 is 23.5 Å². The van der Waals surface area contributed by atoms with Crippen LogP contribution in [0.5, 0.6) is 5.75 Å². The van der Waals surface area contributed by atoms with E-state index >= 15 is 0 Å². The summed E-state index contributed by atoms with van der Waals surface area (Å²) in [6.45, 7) is -0.413. The van der Waals surface area contributed by atoms with Crippen LogP contribution in [0.15, 0.2) is 62.2 Å². The first-order valence-electron chi connectivity index (χ1n) is 8.26. The van der Waals surface area contributed by atoms with E-state index in [9.17, 15) is 14.4 Å². The molecule has 0 radical (unpaired) electrons. The van der Waals surface area contributed by atoms with Crippen molar-refractivity contribution in [3.05, 3.63) is 74.6 Å².